The summed E-state index contributed by atoms with van der Waals surface area (Å²) in [5.41, 5.74) is 0. The van der Waals surface area contributed by atoms with E-state index in [1.807, 2.05) is 5.19 Å². The molecule has 2 fully saturated rings. The molecule has 3 heteroatoms. The minimum Gasteiger partial charge on any atom is -0.0716 e. The third-order valence-electron chi connectivity index (χ3n) is 7.09. The molecule has 0 radical (unpaired) electrons. The quantitative estimate of drug-likeness (QED) is 0.607. The number of hydrogen-bond donors (Lipinski definition) is 0. The van der Waals surface area contributed by atoms with E-state index in [9.17, 15) is 0 Å². The van der Waals surface area contributed by atoms with Gasteiger partial charge in [0.1, 0.15) is 0 Å². The van der Waals surface area contributed by atoms with Crippen molar-refractivity contribution in [3.8, 4) is 0 Å². The van der Waals surface area contributed by atoms with Gasteiger partial charge in [0.2, 0.25) is 0 Å². The molecule has 0 nitrogen and oxygen atoms in total. The predicted octanol–water partition coefficient (Wildman–Crippen LogP) is 5.65. The van der Waals surface area contributed by atoms with Crippen molar-refractivity contribution in [2.75, 3.05) is 0 Å². The lowest BCUT2D eigenvalue weighted by atomic mass is 10.3. The third-order valence-corrected chi connectivity index (χ3v) is 48.6. The van der Waals surface area contributed by atoms with Crippen LogP contribution >= 0.6 is 0 Å². The summed E-state index contributed by atoms with van der Waals surface area (Å²) in [5, 5.41) is 1.88. The van der Waals surface area contributed by atoms with Crippen LogP contribution in [0.2, 0.25) is 43.8 Å². The van der Waals surface area contributed by atoms with Gasteiger partial charge < -0.3 is 0 Å². The third kappa shape index (κ3) is 2.63. The number of hydrogen-bond acceptors (Lipinski definition) is 0. The number of rotatable bonds is 2. The molecule has 2 heterocycles. The first-order valence-corrected chi connectivity index (χ1v) is 19.9. The summed E-state index contributed by atoms with van der Waals surface area (Å²) in [7, 11) is -3.43. The van der Waals surface area contributed by atoms with Crippen LogP contribution in [0.25, 0.3) is 0 Å². The molecular weight excluding hydrogens is 312 g/mol. The maximum Gasteiger partial charge on any atom is 0.0778 e. The van der Waals surface area contributed by atoms with E-state index in [-0.39, 0.29) is 0 Å². The number of fused-ring (bicyclic) bond motifs is 1. The monoisotopic (exact) mass is 346 g/mol. The molecule has 3 rings (SSSR count). The summed E-state index contributed by atoms with van der Waals surface area (Å²) in [6.07, 6.45) is 9.28. The highest BCUT2D eigenvalue weighted by molar-refractivity contribution is 7.71. The van der Waals surface area contributed by atoms with Crippen molar-refractivity contribution in [3.05, 3.63) is 30.3 Å². The molecule has 22 heavy (non-hydrogen) atoms. The maximum atomic E-state index is 2.76. The lowest BCUT2D eigenvalue weighted by molar-refractivity contribution is 0.743. The van der Waals surface area contributed by atoms with Crippen LogP contribution in [-0.4, -0.2) is 22.3 Å². The Kier molecular flexibility index (Phi) is 4.87. The van der Waals surface area contributed by atoms with Crippen LogP contribution in [0.15, 0.2) is 30.3 Å². The van der Waals surface area contributed by atoms with Crippen LogP contribution in [0.4, 0.5) is 0 Å². The molecule has 2 saturated heterocycles. The van der Waals surface area contributed by atoms with Crippen LogP contribution in [-0.2, 0) is 0 Å². The van der Waals surface area contributed by atoms with Gasteiger partial charge in [-0.15, -0.1) is 0 Å². The molecule has 0 bridgehead atoms. The van der Waals surface area contributed by atoms with Gasteiger partial charge in [0, 0.05) is 14.7 Å². The van der Waals surface area contributed by atoms with Gasteiger partial charge >= 0.3 is 0 Å². The van der Waals surface area contributed by atoms with Crippen LogP contribution in [0.3, 0.4) is 0 Å². The van der Waals surface area contributed by atoms with E-state index in [2.05, 4.69) is 50.0 Å². The zero-order valence-corrected chi connectivity index (χ0v) is 18.0. The van der Waals surface area contributed by atoms with E-state index in [1.165, 1.54) is 12.8 Å². The standard InChI is InChI=1S/C19H34Si3/c1-20(2,3)22-17-11-5-9-15-21(22,16-10-6-12-18-22)19-13-7-4-8-14-19/h4,7-8,13-14H,5-6,9-12,15-18H2,1-3H3. The summed E-state index contributed by atoms with van der Waals surface area (Å²) < 4.78 is 0. The van der Waals surface area contributed by atoms with E-state index in [4.69, 9.17) is 0 Å². The Hall–Kier alpha value is -0.129. The minimum absolute atomic E-state index is 1.06. The zero-order valence-electron chi connectivity index (χ0n) is 15.0. The molecule has 122 valence electrons. The fourth-order valence-corrected chi connectivity index (χ4v) is 53.1. The number of benzene rings is 1. The van der Waals surface area contributed by atoms with Crippen molar-refractivity contribution in [1.82, 2.24) is 0 Å². The summed E-state index contributed by atoms with van der Waals surface area (Å²) in [5.74, 6) is 0. The highest BCUT2D eigenvalue weighted by Gasteiger charge is 2.61. The second-order valence-electron chi connectivity index (χ2n) is 8.90. The summed E-state index contributed by atoms with van der Waals surface area (Å²) in [6.45, 7) is 8.29. The van der Waals surface area contributed by atoms with Crippen molar-refractivity contribution >= 4 is 27.5 Å². The summed E-state index contributed by atoms with van der Waals surface area (Å²) >= 11 is 0. The summed E-state index contributed by atoms with van der Waals surface area (Å²) in [6, 6.07) is 18.7. The van der Waals surface area contributed by atoms with Gasteiger partial charge in [0.15, 0.2) is 0 Å². The van der Waals surface area contributed by atoms with Gasteiger partial charge in [-0.2, -0.15) is 0 Å². The van der Waals surface area contributed by atoms with Gasteiger partial charge in [0.25, 0.3) is 0 Å². The van der Waals surface area contributed by atoms with E-state index >= 15 is 0 Å². The molecule has 2 aliphatic heterocycles. The molecule has 0 spiro atoms. The molecule has 2 aliphatic rings. The molecule has 0 amide bonds. The van der Waals surface area contributed by atoms with E-state index in [0.29, 0.717) is 0 Å². The molecule has 0 atom stereocenters. The fourth-order valence-electron chi connectivity index (χ4n) is 6.06. The van der Waals surface area contributed by atoms with Gasteiger partial charge in [0.05, 0.1) is 7.59 Å². The first kappa shape index (κ1) is 16.7. The van der Waals surface area contributed by atoms with Crippen molar-refractivity contribution in [2.45, 2.75) is 82.3 Å². The fraction of sp³-hybridized carbons (Fsp3) is 0.684. The van der Waals surface area contributed by atoms with Crippen molar-refractivity contribution in [1.29, 1.82) is 0 Å². The first-order valence-electron chi connectivity index (χ1n) is 9.57. The maximum absolute atomic E-state index is 2.76. The first-order chi connectivity index (χ1) is 10.5. The smallest absolute Gasteiger partial charge is 0.0716 e. The molecular formula is C19H34Si3. The van der Waals surface area contributed by atoms with E-state index in [0.717, 1.165) is 0 Å². The molecule has 1 aromatic rings. The molecule has 0 unspecified atom stereocenters. The van der Waals surface area contributed by atoms with Crippen LogP contribution in [0, 0.1) is 0 Å². The Bertz CT molecular complexity index is 475. The Morgan fingerprint density at radius 2 is 1.18 bits per heavy atom. The zero-order chi connectivity index (χ0) is 15.7. The van der Waals surface area contributed by atoms with Gasteiger partial charge in [-0.1, -0.05) is 118 Å². The average molecular weight is 347 g/mol. The largest absolute Gasteiger partial charge is 0.0778 e. The Morgan fingerprint density at radius 1 is 0.682 bits per heavy atom. The molecule has 0 aliphatic carbocycles. The summed E-state index contributed by atoms with van der Waals surface area (Å²) in [4.78, 5) is 0. The Balaban J connectivity index is 2.21. The van der Waals surface area contributed by atoms with Crippen molar-refractivity contribution in [2.24, 2.45) is 0 Å². The van der Waals surface area contributed by atoms with Gasteiger partial charge in [-0.25, -0.2) is 0 Å². The van der Waals surface area contributed by atoms with Crippen LogP contribution < -0.4 is 5.19 Å². The van der Waals surface area contributed by atoms with Crippen molar-refractivity contribution < 1.29 is 0 Å². The molecule has 0 saturated carbocycles. The van der Waals surface area contributed by atoms with Crippen LogP contribution in [0.1, 0.15) is 38.5 Å². The normalized spacial score (nSPS) is 33.6. The van der Waals surface area contributed by atoms with E-state index in [1.54, 1.807) is 49.9 Å². The SMILES string of the molecule is C[Si](C)(C)[Si]12CCCCC[Si]1(c1ccccc1)CCCCC2. The lowest BCUT2D eigenvalue weighted by Gasteiger charge is -2.54. The highest BCUT2D eigenvalue weighted by Crippen LogP contribution is 2.47. The highest BCUT2D eigenvalue weighted by atomic mass is 29.6. The average Bonchev–Trinajstić information content (AvgIpc) is 2.79. The van der Waals surface area contributed by atoms with Gasteiger partial charge in [-0.05, 0) is 0 Å². The molecule has 0 aromatic heterocycles. The second-order valence-corrected chi connectivity index (χ2v) is 34.9. The predicted molar refractivity (Wildman–Crippen MR) is 108 cm³/mol. The molecule has 1 aromatic carbocycles. The van der Waals surface area contributed by atoms with Crippen molar-refractivity contribution in [3.63, 3.8) is 0 Å². The van der Waals surface area contributed by atoms with E-state index < -0.39 is 22.3 Å². The minimum atomic E-state index is -1.26. The second kappa shape index (κ2) is 6.40. The Labute approximate surface area is 140 Å². The van der Waals surface area contributed by atoms with Gasteiger partial charge in [-0.3, -0.25) is 0 Å². The van der Waals surface area contributed by atoms with Crippen LogP contribution in [0.5, 0.6) is 0 Å². The lowest BCUT2D eigenvalue weighted by Crippen LogP contribution is -2.78. The Morgan fingerprint density at radius 3 is 1.68 bits per heavy atom. The topological polar surface area (TPSA) is 0 Å². The molecule has 0 N–H and O–H groups in total.